The molecule has 1 heterocycles. The van der Waals surface area contributed by atoms with Gasteiger partial charge in [0.2, 0.25) is 5.91 Å². The molecule has 1 aromatic carbocycles. The van der Waals surface area contributed by atoms with Gasteiger partial charge in [-0.05, 0) is 30.5 Å². The van der Waals surface area contributed by atoms with Crippen LogP contribution < -0.4 is 11.1 Å². The van der Waals surface area contributed by atoms with Gasteiger partial charge in [0.1, 0.15) is 0 Å². The maximum atomic E-state index is 11.2. The molecule has 4 nitrogen and oxygen atoms in total. The summed E-state index contributed by atoms with van der Waals surface area (Å²) in [6, 6.07) is 7.78. The molecular formula is C13H18N2O2S. The molecule has 0 unspecified atom stereocenters. The van der Waals surface area contributed by atoms with Gasteiger partial charge in [-0.1, -0.05) is 12.1 Å². The van der Waals surface area contributed by atoms with Crippen molar-refractivity contribution in [2.75, 3.05) is 11.5 Å². The minimum atomic E-state index is -0.620. The topological polar surface area (TPSA) is 72.2 Å². The van der Waals surface area contributed by atoms with Crippen molar-refractivity contribution in [3.05, 3.63) is 35.4 Å². The van der Waals surface area contributed by atoms with Crippen LogP contribution in [0.3, 0.4) is 0 Å². The third-order valence-electron chi connectivity index (χ3n) is 3.19. The standard InChI is InChI=1S/C13H18N2O2S/c14-13(16)11-3-1-2-10(8-11)9-15-12-4-6-18(17)7-5-12/h1-3,8,12,15H,4-7,9H2,(H2,14,16). The van der Waals surface area contributed by atoms with E-state index in [0.717, 1.165) is 36.5 Å². The van der Waals surface area contributed by atoms with Gasteiger partial charge in [0.05, 0.1) is 0 Å². The number of hydrogen-bond acceptors (Lipinski definition) is 3. The first-order chi connectivity index (χ1) is 8.65. The Labute approximate surface area is 109 Å². The monoisotopic (exact) mass is 266 g/mol. The fourth-order valence-corrected chi connectivity index (χ4v) is 3.39. The highest BCUT2D eigenvalue weighted by Gasteiger charge is 2.16. The molecule has 1 amide bonds. The summed E-state index contributed by atoms with van der Waals surface area (Å²) in [5, 5.41) is 3.44. The largest absolute Gasteiger partial charge is 0.366 e. The Hall–Kier alpha value is -1.20. The highest BCUT2D eigenvalue weighted by atomic mass is 32.2. The van der Waals surface area contributed by atoms with Gasteiger partial charge >= 0.3 is 0 Å². The molecule has 2 rings (SSSR count). The van der Waals surface area contributed by atoms with Gasteiger partial charge in [-0.25, -0.2) is 0 Å². The summed E-state index contributed by atoms with van der Waals surface area (Å²) in [5.41, 5.74) is 6.84. The Bertz CT molecular complexity index is 452. The Morgan fingerprint density at radius 2 is 2.11 bits per heavy atom. The number of nitrogens with two attached hydrogens (primary N) is 1. The van der Waals surface area contributed by atoms with Crippen molar-refractivity contribution in [2.45, 2.75) is 25.4 Å². The molecule has 0 bridgehead atoms. The summed E-state index contributed by atoms with van der Waals surface area (Å²) < 4.78 is 11.2. The average molecular weight is 266 g/mol. The van der Waals surface area contributed by atoms with Gasteiger partial charge in [-0.15, -0.1) is 0 Å². The highest BCUT2D eigenvalue weighted by molar-refractivity contribution is 7.85. The second-order valence-corrected chi connectivity index (χ2v) is 6.26. The molecule has 0 radical (unpaired) electrons. The number of benzene rings is 1. The van der Waals surface area contributed by atoms with E-state index in [1.807, 2.05) is 18.2 Å². The maximum Gasteiger partial charge on any atom is 0.248 e. The van der Waals surface area contributed by atoms with Crippen molar-refractivity contribution >= 4 is 16.7 Å². The molecule has 0 atom stereocenters. The van der Waals surface area contributed by atoms with E-state index in [1.165, 1.54) is 0 Å². The molecule has 1 fully saturated rings. The Morgan fingerprint density at radius 1 is 1.39 bits per heavy atom. The van der Waals surface area contributed by atoms with Gasteiger partial charge < -0.3 is 11.1 Å². The van der Waals surface area contributed by atoms with E-state index in [-0.39, 0.29) is 0 Å². The molecule has 0 aromatic heterocycles. The Balaban J connectivity index is 1.88. The van der Waals surface area contributed by atoms with E-state index in [2.05, 4.69) is 5.32 Å². The molecule has 18 heavy (non-hydrogen) atoms. The van der Waals surface area contributed by atoms with E-state index >= 15 is 0 Å². The SMILES string of the molecule is NC(=O)c1cccc(CNC2CCS(=O)CC2)c1. The van der Waals surface area contributed by atoms with Gasteiger partial charge in [-0.2, -0.15) is 0 Å². The first-order valence-corrected chi connectivity index (χ1v) is 7.61. The zero-order valence-corrected chi connectivity index (χ0v) is 11.0. The summed E-state index contributed by atoms with van der Waals surface area (Å²) in [7, 11) is -0.620. The van der Waals surface area contributed by atoms with Gasteiger partial charge in [0.25, 0.3) is 0 Å². The normalized spacial score (nSPS) is 23.8. The van der Waals surface area contributed by atoms with Crippen LogP contribution in [0.4, 0.5) is 0 Å². The molecule has 0 spiro atoms. The quantitative estimate of drug-likeness (QED) is 0.846. The predicted octanol–water partition coefficient (Wildman–Crippen LogP) is 0.786. The fraction of sp³-hybridized carbons (Fsp3) is 0.462. The second kappa shape index (κ2) is 6.11. The van der Waals surface area contributed by atoms with E-state index in [0.29, 0.717) is 11.6 Å². The maximum absolute atomic E-state index is 11.2. The van der Waals surface area contributed by atoms with Crippen LogP contribution in [0.1, 0.15) is 28.8 Å². The number of nitrogens with one attached hydrogen (secondary N) is 1. The van der Waals surface area contributed by atoms with Crippen LogP contribution in [0.5, 0.6) is 0 Å². The second-order valence-electron chi connectivity index (χ2n) is 4.57. The first-order valence-electron chi connectivity index (χ1n) is 6.12. The van der Waals surface area contributed by atoms with E-state index in [9.17, 15) is 9.00 Å². The zero-order valence-electron chi connectivity index (χ0n) is 10.2. The number of carbonyl (C=O) groups excluding carboxylic acids is 1. The summed E-state index contributed by atoms with van der Waals surface area (Å²) in [4.78, 5) is 11.1. The van der Waals surface area contributed by atoms with Gasteiger partial charge in [-0.3, -0.25) is 9.00 Å². The van der Waals surface area contributed by atoms with Crippen LogP contribution >= 0.6 is 0 Å². The van der Waals surface area contributed by atoms with Gasteiger partial charge in [0, 0.05) is 40.5 Å². The summed E-state index contributed by atoms with van der Waals surface area (Å²) in [6.07, 6.45) is 1.92. The van der Waals surface area contributed by atoms with E-state index in [4.69, 9.17) is 5.73 Å². The Morgan fingerprint density at radius 3 is 2.78 bits per heavy atom. The lowest BCUT2D eigenvalue weighted by Crippen LogP contribution is -2.35. The predicted molar refractivity (Wildman–Crippen MR) is 72.7 cm³/mol. The number of primary amides is 1. The minimum absolute atomic E-state index is 0.398. The van der Waals surface area contributed by atoms with Crippen molar-refractivity contribution in [1.29, 1.82) is 0 Å². The molecule has 3 N–H and O–H groups in total. The highest BCUT2D eigenvalue weighted by Crippen LogP contribution is 2.11. The molecule has 1 saturated heterocycles. The number of rotatable bonds is 4. The lowest BCUT2D eigenvalue weighted by atomic mass is 10.1. The lowest BCUT2D eigenvalue weighted by molar-refractivity contribution is 0.1000. The third kappa shape index (κ3) is 3.65. The van der Waals surface area contributed by atoms with Crippen LogP contribution in [-0.4, -0.2) is 27.7 Å². The van der Waals surface area contributed by atoms with Gasteiger partial charge in [0.15, 0.2) is 0 Å². The number of amides is 1. The zero-order chi connectivity index (χ0) is 13.0. The molecule has 1 aromatic rings. The lowest BCUT2D eigenvalue weighted by Gasteiger charge is -2.22. The first kappa shape index (κ1) is 13.2. The van der Waals surface area contributed by atoms with Crippen LogP contribution in [0, 0.1) is 0 Å². The summed E-state index contributed by atoms with van der Waals surface area (Å²) in [6.45, 7) is 0.721. The van der Waals surface area contributed by atoms with Crippen LogP contribution in [-0.2, 0) is 17.3 Å². The molecule has 1 aliphatic rings. The molecule has 1 aliphatic heterocycles. The van der Waals surface area contributed by atoms with E-state index in [1.54, 1.807) is 6.07 Å². The average Bonchev–Trinajstić information content (AvgIpc) is 2.38. The van der Waals surface area contributed by atoms with Crippen molar-refractivity contribution < 1.29 is 9.00 Å². The minimum Gasteiger partial charge on any atom is -0.366 e. The molecule has 0 aliphatic carbocycles. The smallest absolute Gasteiger partial charge is 0.248 e. The molecule has 5 heteroatoms. The number of carbonyl (C=O) groups is 1. The third-order valence-corrected chi connectivity index (χ3v) is 4.58. The molecular weight excluding hydrogens is 248 g/mol. The summed E-state index contributed by atoms with van der Waals surface area (Å²) in [5.74, 6) is 1.18. The van der Waals surface area contributed by atoms with E-state index < -0.39 is 16.7 Å². The van der Waals surface area contributed by atoms with Crippen molar-refractivity contribution in [2.24, 2.45) is 5.73 Å². The van der Waals surface area contributed by atoms with Crippen LogP contribution in [0.2, 0.25) is 0 Å². The molecule has 0 saturated carbocycles. The van der Waals surface area contributed by atoms with Crippen LogP contribution in [0.25, 0.3) is 0 Å². The van der Waals surface area contributed by atoms with Crippen molar-refractivity contribution in [1.82, 2.24) is 5.32 Å². The Kier molecular flexibility index (Phi) is 4.49. The number of hydrogen-bond donors (Lipinski definition) is 2. The molecule has 98 valence electrons. The van der Waals surface area contributed by atoms with Crippen molar-refractivity contribution in [3.8, 4) is 0 Å². The summed E-state index contributed by atoms with van der Waals surface area (Å²) >= 11 is 0. The van der Waals surface area contributed by atoms with Crippen LogP contribution in [0.15, 0.2) is 24.3 Å². The van der Waals surface area contributed by atoms with Crippen molar-refractivity contribution in [3.63, 3.8) is 0 Å². The fourth-order valence-electron chi connectivity index (χ4n) is 2.09.